The molecule has 3 unspecified atom stereocenters. The molecule has 1 saturated heterocycles. The Bertz CT molecular complexity index is 878. The third-order valence-electron chi connectivity index (χ3n) is 4.79. The molecule has 156 valence electrons. The molecule has 3 atom stereocenters. The molecule has 0 aromatic heterocycles. The van der Waals surface area contributed by atoms with Crippen molar-refractivity contribution < 1.29 is 23.0 Å². The predicted molar refractivity (Wildman–Crippen MR) is 105 cm³/mol. The van der Waals surface area contributed by atoms with E-state index in [1.807, 2.05) is 39.0 Å². The lowest BCUT2D eigenvalue weighted by atomic mass is 9.91. The molecule has 0 bridgehead atoms. The van der Waals surface area contributed by atoms with Gasteiger partial charge in [-0.1, -0.05) is 6.07 Å². The lowest BCUT2D eigenvalue weighted by molar-refractivity contribution is 0.0928. The second kappa shape index (κ2) is 9.19. The summed E-state index contributed by atoms with van der Waals surface area (Å²) in [7, 11) is 0. The van der Waals surface area contributed by atoms with Crippen LogP contribution in [0.2, 0.25) is 0 Å². The van der Waals surface area contributed by atoms with Gasteiger partial charge in [0.25, 0.3) is 5.91 Å². The second-order valence-electron chi connectivity index (χ2n) is 6.76. The number of benzene rings is 2. The fraction of sp³-hybridized carbons (Fsp3) is 0.381. The van der Waals surface area contributed by atoms with Crippen molar-refractivity contribution in [1.82, 2.24) is 16.2 Å². The molecule has 3 N–H and O–H groups in total. The number of hydrazine groups is 1. The van der Waals surface area contributed by atoms with Gasteiger partial charge < -0.3 is 14.8 Å². The van der Waals surface area contributed by atoms with E-state index in [2.05, 4.69) is 16.2 Å². The number of ether oxygens (including phenoxy) is 2. The van der Waals surface area contributed by atoms with E-state index in [-0.39, 0.29) is 17.5 Å². The number of carbonyl (C=O) groups is 1. The third-order valence-corrected chi connectivity index (χ3v) is 4.79. The molecule has 29 heavy (non-hydrogen) atoms. The van der Waals surface area contributed by atoms with E-state index in [4.69, 9.17) is 9.47 Å². The van der Waals surface area contributed by atoms with Crippen molar-refractivity contribution in [2.45, 2.75) is 38.9 Å². The van der Waals surface area contributed by atoms with Crippen LogP contribution in [0.3, 0.4) is 0 Å². The number of halogens is 2. The van der Waals surface area contributed by atoms with Crippen molar-refractivity contribution in [2.24, 2.45) is 0 Å². The van der Waals surface area contributed by atoms with Gasteiger partial charge in [0.1, 0.15) is 6.17 Å². The molecular formula is C21H25F2N3O3. The maximum atomic E-state index is 13.5. The van der Waals surface area contributed by atoms with Crippen molar-refractivity contribution >= 4 is 5.91 Å². The highest BCUT2D eigenvalue weighted by atomic mass is 19.2. The molecule has 1 fully saturated rings. The Morgan fingerprint density at radius 2 is 1.72 bits per heavy atom. The highest BCUT2D eigenvalue weighted by molar-refractivity contribution is 5.94. The molecule has 2 aromatic rings. The molecule has 3 rings (SSSR count). The minimum Gasteiger partial charge on any atom is -0.490 e. The summed E-state index contributed by atoms with van der Waals surface area (Å²) in [5, 5.41) is 2.84. The van der Waals surface area contributed by atoms with Gasteiger partial charge >= 0.3 is 0 Å². The van der Waals surface area contributed by atoms with E-state index < -0.39 is 23.7 Å². The van der Waals surface area contributed by atoms with Crippen LogP contribution in [0.5, 0.6) is 11.5 Å². The highest BCUT2D eigenvalue weighted by Gasteiger charge is 2.36. The molecule has 1 heterocycles. The number of nitrogens with one attached hydrogen (secondary N) is 3. The quantitative estimate of drug-likeness (QED) is 0.660. The molecule has 0 saturated carbocycles. The van der Waals surface area contributed by atoms with E-state index in [9.17, 15) is 13.6 Å². The summed E-state index contributed by atoms with van der Waals surface area (Å²) in [4.78, 5) is 12.5. The average Bonchev–Trinajstić information content (AvgIpc) is 3.05. The zero-order valence-electron chi connectivity index (χ0n) is 16.6. The van der Waals surface area contributed by atoms with Gasteiger partial charge in [-0.3, -0.25) is 10.2 Å². The van der Waals surface area contributed by atoms with Crippen molar-refractivity contribution in [1.29, 1.82) is 0 Å². The van der Waals surface area contributed by atoms with E-state index in [1.165, 1.54) is 6.07 Å². The summed E-state index contributed by atoms with van der Waals surface area (Å²) in [6.45, 7) is 6.80. The molecule has 8 heteroatoms. The van der Waals surface area contributed by atoms with Gasteiger partial charge in [0.2, 0.25) is 0 Å². The van der Waals surface area contributed by atoms with Gasteiger partial charge in [-0.2, -0.15) is 0 Å². The summed E-state index contributed by atoms with van der Waals surface area (Å²) in [6, 6.07) is 8.75. The summed E-state index contributed by atoms with van der Waals surface area (Å²) < 4.78 is 37.9. The maximum absolute atomic E-state index is 13.5. The standard InChI is InChI=1S/C21H25F2N3O3/c1-4-28-17-9-7-13(11-18(17)29-5-2)19-12(3)25-26-20(19)24-21(27)14-6-8-15(22)16(23)10-14/h6-12,19-20,25-26H,4-5H2,1-3H3,(H,24,27). The summed E-state index contributed by atoms with van der Waals surface area (Å²) >= 11 is 0. The third kappa shape index (κ3) is 4.65. The zero-order chi connectivity index (χ0) is 21.0. The van der Waals surface area contributed by atoms with E-state index in [0.29, 0.717) is 24.7 Å². The van der Waals surface area contributed by atoms with Gasteiger partial charge in [0, 0.05) is 17.5 Å². The van der Waals surface area contributed by atoms with Crippen LogP contribution in [-0.2, 0) is 0 Å². The van der Waals surface area contributed by atoms with E-state index in [1.54, 1.807) is 0 Å². The first-order valence-corrected chi connectivity index (χ1v) is 9.61. The Morgan fingerprint density at radius 1 is 1.00 bits per heavy atom. The highest BCUT2D eigenvalue weighted by Crippen LogP contribution is 2.34. The van der Waals surface area contributed by atoms with Gasteiger partial charge in [-0.15, -0.1) is 0 Å². The summed E-state index contributed by atoms with van der Waals surface area (Å²) in [5.41, 5.74) is 7.16. The zero-order valence-corrected chi connectivity index (χ0v) is 16.6. The van der Waals surface area contributed by atoms with E-state index in [0.717, 1.165) is 17.7 Å². The fourth-order valence-corrected chi connectivity index (χ4v) is 3.43. The molecular weight excluding hydrogens is 380 g/mol. The lowest BCUT2D eigenvalue weighted by Crippen LogP contribution is -2.46. The molecule has 0 spiro atoms. The smallest absolute Gasteiger partial charge is 0.252 e. The Kier molecular flexibility index (Phi) is 6.66. The second-order valence-corrected chi connectivity index (χ2v) is 6.76. The Morgan fingerprint density at radius 3 is 2.41 bits per heavy atom. The SMILES string of the molecule is CCOc1ccc(C2C(C)NNC2NC(=O)c2ccc(F)c(F)c2)cc1OCC. The summed E-state index contributed by atoms with van der Waals surface area (Å²) in [6.07, 6.45) is -0.460. The fourth-order valence-electron chi connectivity index (χ4n) is 3.43. The molecule has 1 aliphatic rings. The number of amides is 1. The number of carbonyl (C=O) groups excluding carboxylic acids is 1. The summed E-state index contributed by atoms with van der Waals surface area (Å²) in [5.74, 6) is -1.39. The van der Waals surface area contributed by atoms with Gasteiger partial charge in [-0.25, -0.2) is 14.2 Å². The average molecular weight is 405 g/mol. The first kappa shape index (κ1) is 21.0. The van der Waals surface area contributed by atoms with E-state index >= 15 is 0 Å². The molecule has 1 aliphatic heterocycles. The molecule has 0 aliphatic carbocycles. The first-order chi connectivity index (χ1) is 13.9. The van der Waals surface area contributed by atoms with Crippen LogP contribution in [-0.4, -0.2) is 31.3 Å². The maximum Gasteiger partial charge on any atom is 0.252 e. The van der Waals surface area contributed by atoms with Gasteiger partial charge in [-0.05, 0) is 56.7 Å². The van der Waals surface area contributed by atoms with Crippen LogP contribution in [0.25, 0.3) is 0 Å². The van der Waals surface area contributed by atoms with Crippen LogP contribution in [0.1, 0.15) is 42.6 Å². The van der Waals surface area contributed by atoms with Crippen LogP contribution in [0, 0.1) is 11.6 Å². The molecule has 1 amide bonds. The predicted octanol–water partition coefficient (Wildman–Crippen LogP) is 3.10. The van der Waals surface area contributed by atoms with Crippen LogP contribution in [0.4, 0.5) is 8.78 Å². The van der Waals surface area contributed by atoms with Crippen LogP contribution >= 0.6 is 0 Å². The number of hydrogen-bond acceptors (Lipinski definition) is 5. The molecule has 0 radical (unpaired) electrons. The minimum atomic E-state index is -1.06. The topological polar surface area (TPSA) is 71.6 Å². The Balaban J connectivity index is 1.83. The Labute approximate surface area is 168 Å². The lowest BCUT2D eigenvalue weighted by Gasteiger charge is -2.23. The largest absolute Gasteiger partial charge is 0.490 e. The molecule has 6 nitrogen and oxygen atoms in total. The van der Waals surface area contributed by atoms with Crippen molar-refractivity contribution in [3.63, 3.8) is 0 Å². The van der Waals surface area contributed by atoms with Crippen molar-refractivity contribution in [2.75, 3.05) is 13.2 Å². The van der Waals surface area contributed by atoms with Crippen molar-refractivity contribution in [3.05, 3.63) is 59.2 Å². The Hall–Kier alpha value is -2.71. The van der Waals surface area contributed by atoms with Crippen LogP contribution < -0.4 is 25.6 Å². The van der Waals surface area contributed by atoms with Gasteiger partial charge in [0.15, 0.2) is 23.1 Å². The first-order valence-electron chi connectivity index (χ1n) is 9.61. The monoisotopic (exact) mass is 405 g/mol. The van der Waals surface area contributed by atoms with Crippen molar-refractivity contribution in [3.8, 4) is 11.5 Å². The normalized spacial score (nSPS) is 21.1. The van der Waals surface area contributed by atoms with Crippen LogP contribution in [0.15, 0.2) is 36.4 Å². The molecule has 2 aromatic carbocycles. The van der Waals surface area contributed by atoms with Gasteiger partial charge in [0.05, 0.1) is 13.2 Å². The number of rotatable bonds is 7. The number of hydrogen-bond donors (Lipinski definition) is 3. The minimum absolute atomic E-state index is 0.00215.